The van der Waals surface area contributed by atoms with Gasteiger partial charge in [0.05, 0.1) is 6.54 Å². The number of rotatable bonds is 4. The minimum atomic E-state index is -0.313. The van der Waals surface area contributed by atoms with E-state index in [0.29, 0.717) is 11.9 Å². The number of amides is 1. The van der Waals surface area contributed by atoms with Crippen LogP contribution in [0.3, 0.4) is 0 Å². The van der Waals surface area contributed by atoms with Gasteiger partial charge in [-0.3, -0.25) is 4.79 Å². The average Bonchev–Trinajstić information content (AvgIpc) is 2.79. The van der Waals surface area contributed by atoms with Crippen molar-refractivity contribution in [1.29, 1.82) is 0 Å². The SMILES string of the molecule is NC(=O)CN(c1ccnc(N)c1)C1CCCC1. The van der Waals surface area contributed by atoms with Crippen LogP contribution in [0, 0.1) is 0 Å². The van der Waals surface area contributed by atoms with Crippen molar-refractivity contribution in [1.82, 2.24) is 4.98 Å². The summed E-state index contributed by atoms with van der Waals surface area (Å²) >= 11 is 0. The molecule has 0 saturated heterocycles. The highest BCUT2D eigenvalue weighted by atomic mass is 16.1. The Hall–Kier alpha value is -1.78. The van der Waals surface area contributed by atoms with Crippen molar-refractivity contribution in [3.63, 3.8) is 0 Å². The fourth-order valence-corrected chi connectivity index (χ4v) is 2.43. The first-order valence-electron chi connectivity index (χ1n) is 5.93. The van der Waals surface area contributed by atoms with Gasteiger partial charge < -0.3 is 16.4 Å². The van der Waals surface area contributed by atoms with Crippen LogP contribution in [0.1, 0.15) is 25.7 Å². The lowest BCUT2D eigenvalue weighted by atomic mass is 10.2. The number of primary amides is 1. The molecule has 1 heterocycles. The predicted octanol–water partition coefficient (Wildman–Crippen LogP) is 0.898. The summed E-state index contributed by atoms with van der Waals surface area (Å²) in [5.74, 6) is 0.155. The van der Waals surface area contributed by atoms with Crippen LogP contribution in [0.2, 0.25) is 0 Å². The molecule has 0 bridgehead atoms. The van der Waals surface area contributed by atoms with E-state index >= 15 is 0 Å². The van der Waals surface area contributed by atoms with Gasteiger partial charge >= 0.3 is 0 Å². The molecule has 0 aliphatic heterocycles. The summed E-state index contributed by atoms with van der Waals surface area (Å²) < 4.78 is 0. The quantitative estimate of drug-likeness (QED) is 0.810. The molecule has 1 aliphatic carbocycles. The molecule has 1 saturated carbocycles. The zero-order chi connectivity index (χ0) is 12.3. The Labute approximate surface area is 101 Å². The molecule has 0 radical (unpaired) electrons. The summed E-state index contributed by atoms with van der Waals surface area (Å²) in [7, 11) is 0. The summed E-state index contributed by atoms with van der Waals surface area (Å²) in [6, 6.07) is 4.06. The van der Waals surface area contributed by atoms with E-state index in [2.05, 4.69) is 4.98 Å². The lowest BCUT2D eigenvalue weighted by Gasteiger charge is -2.29. The summed E-state index contributed by atoms with van der Waals surface area (Å²) in [6.45, 7) is 0.244. The highest BCUT2D eigenvalue weighted by molar-refractivity contribution is 5.80. The predicted molar refractivity (Wildman–Crippen MR) is 67.4 cm³/mol. The summed E-state index contributed by atoms with van der Waals surface area (Å²) in [5.41, 5.74) is 11.9. The fourth-order valence-electron chi connectivity index (χ4n) is 2.43. The van der Waals surface area contributed by atoms with Crippen LogP contribution in [-0.2, 0) is 4.79 Å². The molecule has 17 heavy (non-hydrogen) atoms. The van der Waals surface area contributed by atoms with E-state index in [-0.39, 0.29) is 12.5 Å². The van der Waals surface area contributed by atoms with E-state index in [9.17, 15) is 4.79 Å². The number of carbonyl (C=O) groups excluding carboxylic acids is 1. The molecule has 0 atom stereocenters. The van der Waals surface area contributed by atoms with Gasteiger partial charge in [0.25, 0.3) is 0 Å². The molecule has 1 aromatic rings. The molecule has 4 N–H and O–H groups in total. The lowest BCUT2D eigenvalue weighted by molar-refractivity contribution is -0.116. The maximum Gasteiger partial charge on any atom is 0.236 e. The third kappa shape index (κ3) is 2.87. The Morgan fingerprint density at radius 3 is 2.76 bits per heavy atom. The molecule has 1 fully saturated rings. The molecule has 0 spiro atoms. The van der Waals surface area contributed by atoms with Crippen LogP contribution in [0.25, 0.3) is 0 Å². The van der Waals surface area contributed by atoms with Gasteiger partial charge in [0, 0.05) is 24.0 Å². The monoisotopic (exact) mass is 234 g/mol. The Balaban J connectivity index is 2.22. The molecular weight excluding hydrogens is 216 g/mol. The summed E-state index contributed by atoms with van der Waals surface area (Å²) in [5, 5.41) is 0. The lowest BCUT2D eigenvalue weighted by Crippen LogP contribution is -2.40. The third-order valence-electron chi connectivity index (χ3n) is 3.19. The smallest absolute Gasteiger partial charge is 0.236 e. The van der Waals surface area contributed by atoms with Gasteiger partial charge in [-0.1, -0.05) is 12.8 Å². The average molecular weight is 234 g/mol. The number of aromatic nitrogens is 1. The van der Waals surface area contributed by atoms with Crippen LogP contribution in [0.5, 0.6) is 0 Å². The molecule has 0 aromatic carbocycles. The van der Waals surface area contributed by atoms with Crippen LogP contribution < -0.4 is 16.4 Å². The van der Waals surface area contributed by atoms with E-state index < -0.39 is 0 Å². The van der Waals surface area contributed by atoms with E-state index in [4.69, 9.17) is 11.5 Å². The highest BCUT2D eigenvalue weighted by Crippen LogP contribution is 2.28. The molecule has 2 rings (SSSR count). The van der Waals surface area contributed by atoms with Crippen LogP contribution in [0.15, 0.2) is 18.3 Å². The number of nitrogens with zero attached hydrogens (tertiary/aromatic N) is 2. The molecule has 0 unspecified atom stereocenters. The number of hydrogen-bond acceptors (Lipinski definition) is 4. The number of nitrogen functional groups attached to an aromatic ring is 1. The fraction of sp³-hybridized carbons (Fsp3) is 0.500. The van der Waals surface area contributed by atoms with Gasteiger partial charge in [-0.2, -0.15) is 0 Å². The molecule has 5 heteroatoms. The zero-order valence-electron chi connectivity index (χ0n) is 9.80. The van der Waals surface area contributed by atoms with Crippen molar-refractivity contribution < 1.29 is 4.79 Å². The number of nitrogens with two attached hydrogens (primary N) is 2. The highest BCUT2D eigenvalue weighted by Gasteiger charge is 2.24. The van der Waals surface area contributed by atoms with Gasteiger partial charge in [0.1, 0.15) is 5.82 Å². The zero-order valence-corrected chi connectivity index (χ0v) is 9.80. The molecule has 5 nitrogen and oxygen atoms in total. The Morgan fingerprint density at radius 2 is 2.18 bits per heavy atom. The Kier molecular flexibility index (Phi) is 3.46. The number of anilines is 2. The van der Waals surface area contributed by atoms with E-state index in [1.165, 1.54) is 12.8 Å². The van der Waals surface area contributed by atoms with Gasteiger partial charge in [0.15, 0.2) is 0 Å². The van der Waals surface area contributed by atoms with E-state index in [1.807, 2.05) is 11.0 Å². The van der Waals surface area contributed by atoms with Crippen LogP contribution >= 0.6 is 0 Å². The number of pyridine rings is 1. The van der Waals surface area contributed by atoms with Gasteiger partial charge in [-0.05, 0) is 18.9 Å². The number of hydrogen-bond donors (Lipinski definition) is 2. The summed E-state index contributed by atoms with van der Waals surface area (Å²) in [4.78, 5) is 17.2. The second-order valence-corrected chi connectivity index (χ2v) is 4.47. The Bertz CT molecular complexity index is 401. The second kappa shape index (κ2) is 5.03. The second-order valence-electron chi connectivity index (χ2n) is 4.47. The van der Waals surface area contributed by atoms with E-state index in [0.717, 1.165) is 18.5 Å². The van der Waals surface area contributed by atoms with Gasteiger partial charge in [0.2, 0.25) is 5.91 Å². The van der Waals surface area contributed by atoms with Gasteiger partial charge in [-0.25, -0.2) is 4.98 Å². The third-order valence-corrected chi connectivity index (χ3v) is 3.19. The molecule has 1 amide bonds. The number of carbonyl (C=O) groups is 1. The van der Waals surface area contributed by atoms with Crippen LogP contribution in [-0.4, -0.2) is 23.5 Å². The van der Waals surface area contributed by atoms with Crippen molar-refractivity contribution in [3.05, 3.63) is 18.3 Å². The molecule has 1 aromatic heterocycles. The molecule has 1 aliphatic rings. The van der Waals surface area contributed by atoms with Gasteiger partial charge in [-0.15, -0.1) is 0 Å². The largest absolute Gasteiger partial charge is 0.384 e. The summed E-state index contributed by atoms with van der Waals surface area (Å²) in [6.07, 6.45) is 6.29. The van der Waals surface area contributed by atoms with Crippen LogP contribution in [0.4, 0.5) is 11.5 Å². The topological polar surface area (TPSA) is 85.2 Å². The van der Waals surface area contributed by atoms with Crippen molar-refractivity contribution in [2.24, 2.45) is 5.73 Å². The maximum atomic E-state index is 11.2. The minimum absolute atomic E-state index is 0.244. The first-order valence-corrected chi connectivity index (χ1v) is 5.93. The molecule has 92 valence electrons. The minimum Gasteiger partial charge on any atom is -0.384 e. The normalized spacial score (nSPS) is 16.0. The van der Waals surface area contributed by atoms with Crippen molar-refractivity contribution in [2.75, 3.05) is 17.2 Å². The molecular formula is C12H18N4O. The standard InChI is InChI=1S/C12H18N4O/c13-11-7-10(5-6-15-11)16(8-12(14)17)9-3-1-2-4-9/h5-7,9H,1-4,8H2,(H2,13,15)(H2,14,17). The first-order chi connectivity index (χ1) is 8.16. The van der Waals surface area contributed by atoms with E-state index in [1.54, 1.807) is 12.3 Å². The first kappa shape index (κ1) is 11.7. The maximum absolute atomic E-state index is 11.2. The Morgan fingerprint density at radius 1 is 1.47 bits per heavy atom. The van der Waals surface area contributed by atoms with Crippen molar-refractivity contribution in [3.8, 4) is 0 Å². The van der Waals surface area contributed by atoms with Crippen molar-refractivity contribution >= 4 is 17.4 Å². The van der Waals surface area contributed by atoms with Crippen molar-refractivity contribution in [2.45, 2.75) is 31.7 Å².